The Labute approximate surface area is 122 Å². The second-order valence-corrected chi connectivity index (χ2v) is 7.61. The molecule has 0 fully saturated rings. The Morgan fingerprint density at radius 3 is 2.25 bits per heavy atom. The van der Waals surface area contributed by atoms with Crippen molar-refractivity contribution in [3.63, 3.8) is 0 Å². The molecular formula is C14H27N3O2S. The fourth-order valence-corrected chi connectivity index (χ4v) is 4.08. The van der Waals surface area contributed by atoms with Gasteiger partial charge in [-0.15, -0.1) is 0 Å². The van der Waals surface area contributed by atoms with Crippen LogP contribution in [0.1, 0.15) is 40.3 Å². The largest absolute Gasteiger partial charge is 0.349 e. The molecule has 0 aromatic carbocycles. The summed E-state index contributed by atoms with van der Waals surface area (Å²) in [6.45, 7) is 11.4. The smallest absolute Gasteiger partial charge is 0.244 e. The molecule has 0 amide bonds. The van der Waals surface area contributed by atoms with Crippen LogP contribution in [0.3, 0.4) is 0 Å². The summed E-state index contributed by atoms with van der Waals surface area (Å²) < 4.78 is 29.0. The summed E-state index contributed by atoms with van der Waals surface area (Å²) in [5.41, 5.74) is 6.52. The van der Waals surface area contributed by atoms with Gasteiger partial charge in [0.15, 0.2) is 0 Å². The highest BCUT2D eigenvalue weighted by Crippen LogP contribution is 2.22. The number of hydrogen-bond donors (Lipinski definition) is 1. The zero-order valence-electron chi connectivity index (χ0n) is 13.1. The van der Waals surface area contributed by atoms with Crippen LogP contribution >= 0.6 is 0 Å². The molecule has 1 heterocycles. The van der Waals surface area contributed by atoms with Gasteiger partial charge in [-0.25, -0.2) is 8.42 Å². The van der Waals surface area contributed by atoms with Crippen LogP contribution in [0.25, 0.3) is 0 Å². The molecule has 0 aliphatic carbocycles. The van der Waals surface area contributed by atoms with Crippen molar-refractivity contribution < 1.29 is 8.42 Å². The van der Waals surface area contributed by atoms with Gasteiger partial charge in [0.05, 0.1) is 0 Å². The van der Waals surface area contributed by atoms with Crippen LogP contribution < -0.4 is 5.73 Å². The highest BCUT2D eigenvalue weighted by Gasteiger charge is 2.29. The van der Waals surface area contributed by atoms with Crippen molar-refractivity contribution in [2.24, 2.45) is 11.7 Å². The summed E-state index contributed by atoms with van der Waals surface area (Å²) in [7, 11) is -3.46. The van der Waals surface area contributed by atoms with Gasteiger partial charge in [0, 0.05) is 37.6 Å². The minimum atomic E-state index is -3.46. The van der Waals surface area contributed by atoms with E-state index in [0.717, 1.165) is 5.69 Å². The summed E-state index contributed by atoms with van der Waals surface area (Å²) in [6, 6.07) is 1.63. The first-order chi connectivity index (χ1) is 9.23. The summed E-state index contributed by atoms with van der Waals surface area (Å²) in [6.07, 6.45) is 1.69. The van der Waals surface area contributed by atoms with Crippen molar-refractivity contribution >= 4 is 10.0 Å². The maximum Gasteiger partial charge on any atom is 0.244 e. The van der Waals surface area contributed by atoms with E-state index in [2.05, 4.69) is 0 Å². The number of sulfonamides is 1. The van der Waals surface area contributed by atoms with Gasteiger partial charge in [-0.2, -0.15) is 4.31 Å². The maximum absolute atomic E-state index is 12.8. The monoisotopic (exact) mass is 301 g/mol. The predicted octanol–water partition coefficient (Wildman–Crippen LogP) is 2.02. The molecule has 0 aliphatic rings. The Balaban J connectivity index is 3.22. The number of aromatic nitrogens is 1. The van der Waals surface area contributed by atoms with Crippen molar-refractivity contribution in [2.45, 2.75) is 58.6 Å². The van der Waals surface area contributed by atoms with Gasteiger partial charge in [0.1, 0.15) is 4.90 Å². The maximum atomic E-state index is 12.8. The first kappa shape index (κ1) is 17.2. The fraction of sp³-hybridized carbons (Fsp3) is 0.714. The highest BCUT2D eigenvalue weighted by atomic mass is 32.2. The Bertz CT molecular complexity index is 511. The molecular weight excluding hydrogens is 274 g/mol. The summed E-state index contributed by atoms with van der Waals surface area (Å²) >= 11 is 0. The number of aryl methyl sites for hydroxylation is 1. The molecule has 20 heavy (non-hydrogen) atoms. The van der Waals surface area contributed by atoms with Gasteiger partial charge in [0.25, 0.3) is 0 Å². The third-order valence-corrected chi connectivity index (χ3v) is 5.25. The van der Waals surface area contributed by atoms with Crippen LogP contribution in [-0.4, -0.2) is 29.9 Å². The molecule has 0 radical (unpaired) electrons. The molecule has 5 nitrogen and oxygen atoms in total. The predicted molar refractivity (Wildman–Crippen MR) is 81.9 cm³/mol. The van der Waals surface area contributed by atoms with E-state index in [1.165, 1.54) is 0 Å². The lowest BCUT2D eigenvalue weighted by atomic mass is 10.2. The summed E-state index contributed by atoms with van der Waals surface area (Å²) in [5, 5.41) is 0. The second kappa shape index (κ2) is 6.74. The minimum Gasteiger partial charge on any atom is -0.349 e. The van der Waals surface area contributed by atoms with E-state index in [9.17, 15) is 8.42 Å². The van der Waals surface area contributed by atoms with E-state index in [1.807, 2.05) is 39.2 Å². The van der Waals surface area contributed by atoms with Crippen LogP contribution in [0, 0.1) is 5.92 Å². The van der Waals surface area contributed by atoms with Crippen molar-refractivity contribution in [2.75, 3.05) is 6.54 Å². The van der Waals surface area contributed by atoms with Gasteiger partial charge >= 0.3 is 0 Å². The summed E-state index contributed by atoms with van der Waals surface area (Å²) in [5.74, 6) is 0.286. The third kappa shape index (κ3) is 3.62. The Hall–Kier alpha value is -0.850. The van der Waals surface area contributed by atoms with Gasteiger partial charge in [-0.3, -0.25) is 0 Å². The first-order valence-electron chi connectivity index (χ1n) is 7.15. The molecule has 0 spiro atoms. The van der Waals surface area contributed by atoms with Crippen molar-refractivity contribution in [1.82, 2.24) is 8.87 Å². The second-order valence-electron chi connectivity index (χ2n) is 5.72. The van der Waals surface area contributed by atoms with Gasteiger partial charge in [-0.05, 0) is 32.8 Å². The molecule has 0 atom stereocenters. The lowest BCUT2D eigenvalue weighted by Crippen LogP contribution is -2.39. The lowest BCUT2D eigenvalue weighted by molar-refractivity contribution is 0.319. The lowest BCUT2D eigenvalue weighted by Gasteiger charge is -2.27. The SMILES string of the molecule is CCn1cc(S(=O)(=O)N(CC(C)C)C(C)C)cc1CN. The number of hydrogen-bond acceptors (Lipinski definition) is 3. The van der Waals surface area contributed by atoms with Crippen molar-refractivity contribution in [3.05, 3.63) is 18.0 Å². The number of nitrogens with two attached hydrogens (primary N) is 1. The highest BCUT2D eigenvalue weighted by molar-refractivity contribution is 7.89. The first-order valence-corrected chi connectivity index (χ1v) is 8.59. The van der Waals surface area contributed by atoms with Gasteiger partial charge in [-0.1, -0.05) is 13.8 Å². The van der Waals surface area contributed by atoms with E-state index in [-0.39, 0.29) is 12.0 Å². The molecule has 0 unspecified atom stereocenters. The van der Waals surface area contributed by atoms with E-state index >= 15 is 0 Å². The Kier molecular flexibility index (Phi) is 5.79. The quantitative estimate of drug-likeness (QED) is 0.837. The van der Waals surface area contributed by atoms with Crippen molar-refractivity contribution in [1.29, 1.82) is 0 Å². The summed E-state index contributed by atoms with van der Waals surface area (Å²) in [4.78, 5) is 0.342. The van der Waals surface area contributed by atoms with E-state index < -0.39 is 10.0 Å². The zero-order valence-corrected chi connectivity index (χ0v) is 13.9. The van der Waals surface area contributed by atoms with E-state index in [1.54, 1.807) is 16.6 Å². The minimum absolute atomic E-state index is 0.0614. The van der Waals surface area contributed by atoms with Gasteiger partial charge < -0.3 is 10.3 Å². The third-order valence-electron chi connectivity index (χ3n) is 3.24. The molecule has 6 heteroatoms. The normalized spacial score (nSPS) is 12.8. The topological polar surface area (TPSA) is 68.3 Å². The molecule has 1 aromatic heterocycles. The van der Waals surface area contributed by atoms with Gasteiger partial charge in [0.2, 0.25) is 10.0 Å². The average Bonchev–Trinajstić information content (AvgIpc) is 2.79. The van der Waals surface area contributed by atoms with Crippen molar-refractivity contribution in [3.8, 4) is 0 Å². The van der Waals surface area contributed by atoms with Crippen LogP contribution in [-0.2, 0) is 23.1 Å². The number of nitrogens with zero attached hydrogens (tertiary/aromatic N) is 2. The number of rotatable bonds is 7. The van der Waals surface area contributed by atoms with Crippen LogP contribution in [0.2, 0.25) is 0 Å². The fourth-order valence-electron chi connectivity index (χ4n) is 2.21. The molecule has 2 N–H and O–H groups in total. The van der Waals surface area contributed by atoms with Crippen LogP contribution in [0.4, 0.5) is 0 Å². The molecule has 0 aliphatic heterocycles. The van der Waals surface area contributed by atoms with E-state index in [4.69, 9.17) is 5.73 Å². The molecule has 1 aromatic rings. The zero-order chi connectivity index (χ0) is 15.5. The van der Waals surface area contributed by atoms with Crippen LogP contribution in [0.15, 0.2) is 17.2 Å². The molecule has 1 rings (SSSR count). The molecule has 0 saturated carbocycles. The standard InChI is InChI=1S/C14H27N3O2S/c1-6-16-10-14(7-13(16)8-15)20(18,19)17(12(4)5)9-11(2)3/h7,10-12H,6,8-9,15H2,1-5H3. The average molecular weight is 301 g/mol. The molecule has 0 bridgehead atoms. The van der Waals surface area contributed by atoms with E-state index in [0.29, 0.717) is 24.5 Å². The Morgan fingerprint density at radius 1 is 1.30 bits per heavy atom. The Morgan fingerprint density at radius 2 is 1.90 bits per heavy atom. The molecule has 0 saturated heterocycles. The van der Waals surface area contributed by atoms with Crippen LogP contribution in [0.5, 0.6) is 0 Å². The molecule has 116 valence electrons.